The van der Waals surface area contributed by atoms with Crippen molar-refractivity contribution in [2.75, 3.05) is 5.32 Å². The van der Waals surface area contributed by atoms with Crippen LogP contribution in [0, 0.1) is 5.82 Å². The molecule has 1 N–H and O–H groups in total. The van der Waals surface area contributed by atoms with Crippen LogP contribution >= 0.6 is 11.8 Å². The van der Waals surface area contributed by atoms with Crippen LogP contribution in [-0.4, -0.2) is 28.7 Å². The summed E-state index contributed by atoms with van der Waals surface area (Å²) in [5.74, 6) is -4.75. The molecule has 0 aliphatic carbocycles. The first-order chi connectivity index (χ1) is 12.4. The van der Waals surface area contributed by atoms with Gasteiger partial charge in [0.15, 0.2) is 6.10 Å². The molecule has 26 heavy (non-hydrogen) atoms. The van der Waals surface area contributed by atoms with Crippen LogP contribution in [0.1, 0.15) is 23.7 Å². The van der Waals surface area contributed by atoms with Gasteiger partial charge in [-0.3, -0.25) is 4.79 Å². The van der Waals surface area contributed by atoms with E-state index in [1.807, 2.05) is 0 Å². The molecule has 2 aromatic rings. The zero-order valence-electron chi connectivity index (χ0n) is 13.6. The molecule has 138 valence electrons. The fourth-order valence-electron chi connectivity index (χ4n) is 2.00. The first-order valence-corrected chi connectivity index (χ1v) is 8.46. The number of rotatable bonds is 7. The molecule has 1 aromatic heterocycles. The molecule has 0 unspecified atom stereocenters. The summed E-state index contributed by atoms with van der Waals surface area (Å²) in [6.07, 6.45) is 0.299. The maximum atomic E-state index is 12.9. The van der Waals surface area contributed by atoms with E-state index in [0.29, 0.717) is 5.69 Å². The molecule has 0 aliphatic heterocycles. The number of alkyl halides is 2. The molecule has 5 nitrogen and oxygen atoms in total. The molecule has 2 rings (SSSR count). The van der Waals surface area contributed by atoms with E-state index < -0.39 is 29.6 Å². The van der Waals surface area contributed by atoms with Crippen LogP contribution in [0.5, 0.6) is 0 Å². The van der Waals surface area contributed by atoms with Gasteiger partial charge in [0.25, 0.3) is 11.7 Å². The number of amides is 1. The number of aromatic nitrogens is 1. The Balaban J connectivity index is 2.08. The van der Waals surface area contributed by atoms with Crippen molar-refractivity contribution in [1.29, 1.82) is 0 Å². The largest absolute Gasteiger partial charge is 0.449 e. The van der Waals surface area contributed by atoms with Crippen molar-refractivity contribution >= 4 is 29.3 Å². The smallest absolute Gasteiger partial charge is 0.341 e. The van der Waals surface area contributed by atoms with E-state index >= 15 is 0 Å². The minimum Gasteiger partial charge on any atom is -0.449 e. The zero-order chi connectivity index (χ0) is 19.1. The molecule has 1 heterocycles. The Bertz CT molecular complexity index is 772. The van der Waals surface area contributed by atoms with Gasteiger partial charge in [-0.05, 0) is 54.6 Å². The summed E-state index contributed by atoms with van der Waals surface area (Å²) in [5, 5.41) is 2.32. The van der Waals surface area contributed by atoms with Gasteiger partial charge in [0, 0.05) is 11.9 Å². The van der Waals surface area contributed by atoms with Crippen molar-refractivity contribution < 1.29 is 27.5 Å². The highest BCUT2D eigenvalue weighted by atomic mass is 32.2. The molecule has 1 aromatic carbocycles. The molecule has 0 saturated carbocycles. The molecular formula is C17H15F3N2O3S. The van der Waals surface area contributed by atoms with Crippen LogP contribution in [0.2, 0.25) is 0 Å². The summed E-state index contributed by atoms with van der Waals surface area (Å²) < 4.78 is 43.2. The fourth-order valence-corrected chi connectivity index (χ4v) is 2.56. The second kappa shape index (κ2) is 9.23. The SMILES string of the molecule is CC[C@@H](OC(=O)c1cccnc1SC(F)F)C(=O)Nc1ccc(F)cc1. The van der Waals surface area contributed by atoms with Crippen molar-refractivity contribution in [3.63, 3.8) is 0 Å². The molecule has 0 fully saturated rings. The van der Waals surface area contributed by atoms with Gasteiger partial charge in [0.05, 0.1) is 5.56 Å². The lowest BCUT2D eigenvalue weighted by Crippen LogP contribution is -2.32. The number of esters is 1. The Kier molecular flexibility index (Phi) is 7.02. The number of carbonyl (C=O) groups is 2. The van der Waals surface area contributed by atoms with E-state index in [-0.39, 0.29) is 28.8 Å². The minimum atomic E-state index is -2.75. The fraction of sp³-hybridized carbons (Fsp3) is 0.235. The van der Waals surface area contributed by atoms with Crippen LogP contribution in [0.4, 0.5) is 18.9 Å². The van der Waals surface area contributed by atoms with E-state index in [0.717, 1.165) is 0 Å². The van der Waals surface area contributed by atoms with Crippen LogP contribution < -0.4 is 5.32 Å². The minimum absolute atomic E-state index is 0.119. The quantitative estimate of drug-likeness (QED) is 0.575. The topological polar surface area (TPSA) is 68.3 Å². The molecule has 0 saturated heterocycles. The normalized spacial score (nSPS) is 11.9. The maximum absolute atomic E-state index is 12.9. The van der Waals surface area contributed by atoms with Crippen molar-refractivity contribution in [2.24, 2.45) is 0 Å². The van der Waals surface area contributed by atoms with E-state index in [9.17, 15) is 22.8 Å². The van der Waals surface area contributed by atoms with Gasteiger partial charge < -0.3 is 10.1 Å². The third-order valence-electron chi connectivity index (χ3n) is 3.22. The standard InChI is InChI=1S/C17H15F3N2O3S/c1-2-13(14(23)22-11-7-5-10(18)6-8-11)25-16(24)12-4-3-9-21-15(12)26-17(19)20/h3-9,13,17H,2H2,1H3,(H,22,23)/t13-/m1/s1. The third-order valence-corrected chi connectivity index (χ3v) is 3.94. The molecule has 1 atom stereocenters. The second-order valence-corrected chi connectivity index (χ2v) is 6.01. The molecular weight excluding hydrogens is 369 g/mol. The highest BCUT2D eigenvalue weighted by Crippen LogP contribution is 2.27. The molecule has 1 amide bonds. The summed E-state index contributed by atoms with van der Waals surface area (Å²) in [6.45, 7) is 1.63. The van der Waals surface area contributed by atoms with Crippen LogP contribution in [0.15, 0.2) is 47.6 Å². The van der Waals surface area contributed by atoms with E-state index in [1.165, 1.54) is 42.6 Å². The molecule has 9 heteroatoms. The predicted octanol–water partition coefficient (Wildman–Crippen LogP) is 4.11. The highest BCUT2D eigenvalue weighted by molar-refractivity contribution is 7.99. The number of hydrogen-bond acceptors (Lipinski definition) is 5. The highest BCUT2D eigenvalue weighted by Gasteiger charge is 2.25. The number of thioether (sulfide) groups is 1. The first kappa shape index (κ1) is 19.8. The summed E-state index contributed by atoms with van der Waals surface area (Å²) >= 11 is 0.119. The van der Waals surface area contributed by atoms with Gasteiger partial charge in [-0.2, -0.15) is 8.78 Å². The summed E-state index contributed by atoms with van der Waals surface area (Å²) in [7, 11) is 0. The second-order valence-electron chi connectivity index (χ2n) is 5.03. The van der Waals surface area contributed by atoms with Gasteiger partial charge in [-0.25, -0.2) is 14.2 Å². The number of hydrogen-bond donors (Lipinski definition) is 1. The van der Waals surface area contributed by atoms with Crippen molar-refractivity contribution in [3.05, 3.63) is 54.0 Å². The number of ether oxygens (including phenoxy) is 1. The van der Waals surface area contributed by atoms with E-state index in [1.54, 1.807) is 6.92 Å². The number of benzene rings is 1. The van der Waals surface area contributed by atoms with Crippen LogP contribution in [-0.2, 0) is 9.53 Å². The number of anilines is 1. The van der Waals surface area contributed by atoms with Crippen LogP contribution in [0.3, 0.4) is 0 Å². The summed E-state index contributed by atoms with van der Waals surface area (Å²) in [6, 6.07) is 7.77. The third kappa shape index (κ3) is 5.48. The summed E-state index contributed by atoms with van der Waals surface area (Å²) in [5.41, 5.74) is 0.187. The monoisotopic (exact) mass is 384 g/mol. The maximum Gasteiger partial charge on any atom is 0.341 e. The van der Waals surface area contributed by atoms with Crippen LogP contribution in [0.25, 0.3) is 0 Å². The number of halogens is 3. The number of nitrogens with zero attached hydrogens (tertiary/aromatic N) is 1. The average molecular weight is 384 g/mol. The van der Waals surface area contributed by atoms with Crippen molar-refractivity contribution in [1.82, 2.24) is 4.98 Å². The average Bonchev–Trinajstić information content (AvgIpc) is 2.61. The lowest BCUT2D eigenvalue weighted by molar-refractivity contribution is -0.124. The Morgan fingerprint density at radius 3 is 2.54 bits per heavy atom. The van der Waals surface area contributed by atoms with Gasteiger partial charge in [-0.1, -0.05) is 6.92 Å². The van der Waals surface area contributed by atoms with Gasteiger partial charge >= 0.3 is 5.97 Å². The predicted molar refractivity (Wildman–Crippen MR) is 90.6 cm³/mol. The summed E-state index contributed by atoms with van der Waals surface area (Å²) in [4.78, 5) is 28.2. The molecule has 0 radical (unpaired) electrons. The van der Waals surface area contributed by atoms with Crippen molar-refractivity contribution in [3.8, 4) is 0 Å². The number of pyridine rings is 1. The molecule has 0 bridgehead atoms. The van der Waals surface area contributed by atoms with Crippen molar-refractivity contribution in [2.45, 2.75) is 30.2 Å². The van der Waals surface area contributed by atoms with Gasteiger partial charge in [0.2, 0.25) is 0 Å². The number of nitrogens with one attached hydrogen (secondary N) is 1. The van der Waals surface area contributed by atoms with E-state index in [2.05, 4.69) is 10.3 Å². The van der Waals surface area contributed by atoms with E-state index in [4.69, 9.17) is 4.74 Å². The Labute approximate surface area is 152 Å². The van der Waals surface area contributed by atoms with Gasteiger partial charge in [-0.15, -0.1) is 0 Å². The lowest BCUT2D eigenvalue weighted by Gasteiger charge is -2.17. The lowest BCUT2D eigenvalue weighted by atomic mass is 10.2. The number of carbonyl (C=O) groups excluding carboxylic acids is 2. The Morgan fingerprint density at radius 2 is 1.92 bits per heavy atom. The van der Waals surface area contributed by atoms with Gasteiger partial charge in [0.1, 0.15) is 10.8 Å². The molecule has 0 spiro atoms. The molecule has 0 aliphatic rings. The first-order valence-electron chi connectivity index (χ1n) is 7.58. The zero-order valence-corrected chi connectivity index (χ0v) is 14.4. The Morgan fingerprint density at radius 1 is 1.23 bits per heavy atom. The Hall–Kier alpha value is -2.55.